The summed E-state index contributed by atoms with van der Waals surface area (Å²) in [5.41, 5.74) is 4.89. The summed E-state index contributed by atoms with van der Waals surface area (Å²) in [7, 11) is 1.29. The van der Waals surface area contributed by atoms with Crippen molar-refractivity contribution in [1.82, 2.24) is 0 Å². The van der Waals surface area contributed by atoms with Crippen molar-refractivity contribution in [2.45, 2.75) is 0 Å². The van der Waals surface area contributed by atoms with Crippen molar-refractivity contribution in [3.63, 3.8) is 0 Å². The number of methoxy groups -OCH3 is 1. The van der Waals surface area contributed by atoms with E-state index >= 15 is 0 Å². The van der Waals surface area contributed by atoms with Crippen LogP contribution in [0.5, 0.6) is 5.75 Å². The van der Waals surface area contributed by atoms with E-state index in [4.69, 9.17) is 10.8 Å². The minimum atomic E-state index is -1.22. The molecule has 0 atom stereocenters. The fraction of sp³-hybridized carbons (Fsp3) is 0.125. The van der Waals surface area contributed by atoms with Crippen LogP contribution in [0.4, 0.5) is 10.1 Å². The molecule has 0 saturated carbocycles. The van der Waals surface area contributed by atoms with Crippen LogP contribution in [0.25, 0.3) is 0 Å². The zero-order chi connectivity index (χ0) is 10.0. The van der Waals surface area contributed by atoms with E-state index in [2.05, 4.69) is 4.74 Å². The van der Waals surface area contributed by atoms with E-state index < -0.39 is 11.8 Å². The van der Waals surface area contributed by atoms with Gasteiger partial charge in [-0.05, 0) is 12.1 Å². The Hall–Kier alpha value is -1.78. The van der Waals surface area contributed by atoms with Gasteiger partial charge in [-0.3, -0.25) is 0 Å². The number of carbonyl (C=O) groups is 1. The van der Waals surface area contributed by atoms with Crippen molar-refractivity contribution in [3.05, 3.63) is 23.5 Å². The first-order valence-electron chi connectivity index (χ1n) is 3.42. The van der Waals surface area contributed by atoms with Crippen molar-refractivity contribution in [2.75, 3.05) is 12.8 Å². The van der Waals surface area contributed by atoms with Gasteiger partial charge in [-0.15, -0.1) is 0 Å². The molecule has 0 aromatic heterocycles. The third-order valence-corrected chi connectivity index (χ3v) is 1.56. The van der Waals surface area contributed by atoms with Crippen LogP contribution in [-0.2, 0) is 0 Å². The quantitative estimate of drug-likeness (QED) is 0.677. The van der Waals surface area contributed by atoms with Crippen LogP contribution in [0.15, 0.2) is 12.1 Å². The Morgan fingerprint density at radius 2 is 2.23 bits per heavy atom. The topological polar surface area (TPSA) is 72.5 Å². The van der Waals surface area contributed by atoms with Gasteiger partial charge in [-0.2, -0.15) is 0 Å². The maximum atomic E-state index is 12.9. The zero-order valence-corrected chi connectivity index (χ0v) is 6.87. The van der Waals surface area contributed by atoms with E-state index in [-0.39, 0.29) is 17.0 Å². The molecule has 0 heterocycles. The molecule has 70 valence electrons. The largest absolute Gasteiger partial charge is 0.494 e. The summed E-state index contributed by atoms with van der Waals surface area (Å²) in [5.74, 6) is -1.99. The standard InChI is InChI=1S/C8H8FNO3/c1-13-6-3-4(8(11)12)2-5(9)7(6)10/h2-3H,10H2,1H3,(H,11,12). The predicted molar refractivity (Wildman–Crippen MR) is 44.3 cm³/mol. The van der Waals surface area contributed by atoms with E-state index in [1.54, 1.807) is 0 Å². The number of carboxylic acid groups (broad SMARTS) is 1. The van der Waals surface area contributed by atoms with Gasteiger partial charge in [0, 0.05) is 0 Å². The van der Waals surface area contributed by atoms with E-state index in [9.17, 15) is 9.18 Å². The first kappa shape index (κ1) is 9.31. The maximum Gasteiger partial charge on any atom is 0.335 e. The van der Waals surface area contributed by atoms with Gasteiger partial charge in [0.1, 0.15) is 11.4 Å². The molecule has 5 heteroatoms. The summed E-state index contributed by atoms with van der Waals surface area (Å²) in [6, 6.07) is 2.01. The summed E-state index contributed by atoms with van der Waals surface area (Å²) in [5, 5.41) is 8.56. The average molecular weight is 185 g/mol. The summed E-state index contributed by atoms with van der Waals surface area (Å²) >= 11 is 0. The highest BCUT2D eigenvalue weighted by Gasteiger charge is 2.12. The summed E-state index contributed by atoms with van der Waals surface area (Å²) in [4.78, 5) is 10.5. The van der Waals surface area contributed by atoms with Crippen LogP contribution in [0, 0.1) is 5.82 Å². The van der Waals surface area contributed by atoms with E-state index in [1.165, 1.54) is 13.2 Å². The van der Waals surface area contributed by atoms with Crippen LogP contribution >= 0.6 is 0 Å². The molecule has 0 amide bonds. The molecule has 4 nitrogen and oxygen atoms in total. The van der Waals surface area contributed by atoms with Gasteiger partial charge in [-0.25, -0.2) is 9.18 Å². The Morgan fingerprint density at radius 3 is 2.69 bits per heavy atom. The van der Waals surface area contributed by atoms with Crippen LogP contribution < -0.4 is 10.5 Å². The highest BCUT2D eigenvalue weighted by molar-refractivity contribution is 5.89. The molecular weight excluding hydrogens is 177 g/mol. The zero-order valence-electron chi connectivity index (χ0n) is 6.87. The molecule has 1 rings (SSSR count). The number of ether oxygens (including phenoxy) is 1. The molecule has 0 aliphatic heterocycles. The number of nitrogens with two attached hydrogens (primary N) is 1. The molecule has 1 aromatic rings. The molecule has 0 saturated heterocycles. The Bertz CT molecular complexity index is 351. The lowest BCUT2D eigenvalue weighted by Gasteiger charge is -2.05. The number of halogens is 1. The number of rotatable bonds is 2. The summed E-state index contributed by atoms with van der Waals surface area (Å²) in [6.07, 6.45) is 0. The van der Waals surface area contributed by atoms with Crippen molar-refractivity contribution in [1.29, 1.82) is 0 Å². The van der Waals surface area contributed by atoms with Crippen molar-refractivity contribution in [3.8, 4) is 5.75 Å². The maximum absolute atomic E-state index is 12.9. The number of hydrogen-bond acceptors (Lipinski definition) is 3. The Morgan fingerprint density at radius 1 is 1.62 bits per heavy atom. The molecule has 0 bridgehead atoms. The van der Waals surface area contributed by atoms with Gasteiger partial charge in [0.2, 0.25) is 0 Å². The van der Waals surface area contributed by atoms with Gasteiger partial charge in [0.05, 0.1) is 12.7 Å². The van der Waals surface area contributed by atoms with Gasteiger partial charge < -0.3 is 15.6 Å². The molecule has 1 aromatic carbocycles. The van der Waals surface area contributed by atoms with Crippen LogP contribution in [0.3, 0.4) is 0 Å². The molecule has 0 aliphatic carbocycles. The third-order valence-electron chi connectivity index (χ3n) is 1.56. The fourth-order valence-corrected chi connectivity index (χ4v) is 0.885. The molecule has 0 unspecified atom stereocenters. The lowest BCUT2D eigenvalue weighted by molar-refractivity contribution is 0.0696. The number of hydrogen-bond donors (Lipinski definition) is 2. The Labute approximate surface area is 73.7 Å². The number of benzene rings is 1. The molecule has 3 N–H and O–H groups in total. The van der Waals surface area contributed by atoms with Crippen molar-refractivity contribution >= 4 is 11.7 Å². The number of carboxylic acids is 1. The minimum Gasteiger partial charge on any atom is -0.494 e. The molecule has 0 fully saturated rings. The lowest BCUT2D eigenvalue weighted by atomic mass is 10.2. The SMILES string of the molecule is COc1cc(C(=O)O)cc(F)c1N. The first-order chi connectivity index (χ1) is 6.06. The predicted octanol–water partition coefficient (Wildman–Crippen LogP) is 1.11. The van der Waals surface area contributed by atoms with Gasteiger partial charge in [-0.1, -0.05) is 0 Å². The second-order valence-electron chi connectivity index (χ2n) is 2.38. The number of nitrogen functional groups attached to an aromatic ring is 1. The summed E-state index contributed by atoms with van der Waals surface area (Å²) < 4.78 is 17.6. The van der Waals surface area contributed by atoms with Crippen molar-refractivity contribution in [2.24, 2.45) is 0 Å². The molecule has 13 heavy (non-hydrogen) atoms. The first-order valence-corrected chi connectivity index (χ1v) is 3.42. The smallest absolute Gasteiger partial charge is 0.335 e. The van der Waals surface area contributed by atoms with Crippen LogP contribution in [-0.4, -0.2) is 18.2 Å². The normalized spacial score (nSPS) is 9.69. The van der Waals surface area contributed by atoms with Gasteiger partial charge in [0.15, 0.2) is 5.82 Å². The van der Waals surface area contributed by atoms with Crippen molar-refractivity contribution < 1.29 is 19.0 Å². The minimum absolute atomic E-state index is 0.0254. The van der Waals surface area contributed by atoms with Crippen LogP contribution in [0.1, 0.15) is 10.4 Å². The third kappa shape index (κ3) is 1.69. The Kier molecular flexibility index (Phi) is 2.36. The molecule has 0 radical (unpaired) electrons. The summed E-state index contributed by atoms with van der Waals surface area (Å²) in [6.45, 7) is 0. The number of aromatic carboxylic acids is 1. The fourth-order valence-electron chi connectivity index (χ4n) is 0.885. The second-order valence-corrected chi connectivity index (χ2v) is 2.38. The van der Waals surface area contributed by atoms with Gasteiger partial charge >= 0.3 is 5.97 Å². The lowest BCUT2D eigenvalue weighted by Crippen LogP contribution is -2.02. The van der Waals surface area contributed by atoms with E-state index in [1.807, 2.05) is 0 Å². The van der Waals surface area contributed by atoms with Gasteiger partial charge in [0.25, 0.3) is 0 Å². The van der Waals surface area contributed by atoms with E-state index in [0.717, 1.165) is 6.07 Å². The number of anilines is 1. The van der Waals surface area contributed by atoms with Crippen LogP contribution in [0.2, 0.25) is 0 Å². The highest BCUT2D eigenvalue weighted by Crippen LogP contribution is 2.25. The monoisotopic (exact) mass is 185 g/mol. The molecule has 0 spiro atoms. The Balaban J connectivity index is 3.30. The molecule has 0 aliphatic rings. The second kappa shape index (κ2) is 3.30. The highest BCUT2D eigenvalue weighted by atomic mass is 19.1. The van der Waals surface area contributed by atoms with E-state index in [0.29, 0.717) is 0 Å². The average Bonchev–Trinajstić information content (AvgIpc) is 2.09. The molecular formula is C8H8FNO3.